The van der Waals surface area contributed by atoms with Crippen molar-refractivity contribution >= 4 is 26.7 Å². The topological polar surface area (TPSA) is 89.3 Å². The molecule has 2 amide bonds. The zero-order chi connectivity index (χ0) is 6.78. The maximum absolute atomic E-state index is 9.89. The third-order valence-electron chi connectivity index (χ3n) is 0.230. The molecule has 0 aromatic heterocycles. The molecule has 0 fully saturated rings. The molecule has 0 aliphatic heterocycles. The Kier molecular flexibility index (Phi) is 2.11. The van der Waals surface area contributed by atoms with Crippen LogP contribution in [0.5, 0.6) is 0 Å². The van der Waals surface area contributed by atoms with Crippen LogP contribution < -0.4 is 10.5 Å². The number of carbonyl (C=O) groups is 1. The third kappa shape index (κ3) is 5.57. The predicted molar refractivity (Wildman–Crippen MR) is 30.6 cm³/mol. The molecule has 0 aromatic rings. The van der Waals surface area contributed by atoms with Gasteiger partial charge in [0.1, 0.15) is 0 Å². The monoisotopic (exact) mass is 156 g/mol. The first kappa shape index (κ1) is 7.57. The molecule has 7 heteroatoms. The van der Waals surface area contributed by atoms with Gasteiger partial charge in [0.05, 0.1) is 0 Å². The summed E-state index contributed by atoms with van der Waals surface area (Å²) in [5, 5.41) is 0. The molecule has 0 saturated heterocycles. The molecule has 0 aliphatic carbocycles. The molecule has 8 heavy (non-hydrogen) atoms. The number of primary amides is 1. The Morgan fingerprint density at radius 1 is 1.62 bits per heavy atom. The van der Waals surface area contributed by atoms with Gasteiger partial charge in [-0.05, 0) is 11.7 Å². The second kappa shape index (κ2) is 2.23. The van der Waals surface area contributed by atoms with Crippen molar-refractivity contribution in [3.8, 4) is 0 Å². The highest BCUT2D eigenvalue weighted by Gasteiger charge is 2.02. The number of thiol groups is 1. The zero-order valence-corrected chi connectivity index (χ0v) is 5.37. The molecule has 0 saturated carbocycles. The van der Waals surface area contributed by atoms with Gasteiger partial charge in [-0.2, -0.15) is 8.42 Å². The van der Waals surface area contributed by atoms with Gasteiger partial charge in [-0.1, -0.05) is 0 Å². The Morgan fingerprint density at radius 2 is 2.00 bits per heavy atom. The van der Waals surface area contributed by atoms with Crippen molar-refractivity contribution in [2.45, 2.75) is 0 Å². The van der Waals surface area contributed by atoms with Crippen LogP contribution in [0, 0.1) is 0 Å². The maximum Gasteiger partial charge on any atom is 0.326 e. The van der Waals surface area contributed by atoms with Crippen LogP contribution in [-0.4, -0.2) is 14.4 Å². The Labute approximate surface area is 51.1 Å². The SMILES string of the molecule is NC(=O)NS(=O)(=O)S. The molecule has 0 aliphatic rings. The van der Waals surface area contributed by atoms with E-state index in [2.05, 4.69) is 17.4 Å². The van der Waals surface area contributed by atoms with E-state index in [1.165, 1.54) is 4.72 Å². The number of hydrogen-bond acceptors (Lipinski definition) is 3. The highest BCUT2D eigenvalue weighted by molar-refractivity contribution is 8.62. The molecule has 0 spiro atoms. The van der Waals surface area contributed by atoms with E-state index in [1.807, 2.05) is 0 Å². The van der Waals surface area contributed by atoms with Crippen molar-refractivity contribution < 1.29 is 13.2 Å². The average molecular weight is 156 g/mol. The minimum atomic E-state index is -3.75. The molecule has 0 unspecified atom stereocenters. The standard InChI is InChI=1S/CH4N2O3S2/c2-1(4)3-8(5,6)7/h(H3,2,3,4)(H,5,6,7). The molecule has 3 N–H and O–H groups in total. The van der Waals surface area contributed by atoms with E-state index >= 15 is 0 Å². The van der Waals surface area contributed by atoms with E-state index < -0.39 is 15.1 Å². The Balaban J connectivity index is 3.95. The van der Waals surface area contributed by atoms with Crippen molar-refractivity contribution in [1.82, 2.24) is 4.72 Å². The van der Waals surface area contributed by atoms with Crippen LogP contribution in [0.25, 0.3) is 0 Å². The lowest BCUT2D eigenvalue weighted by Crippen LogP contribution is -2.31. The van der Waals surface area contributed by atoms with E-state index in [0.717, 1.165) is 0 Å². The fourth-order valence-corrected chi connectivity index (χ4v) is 0.651. The summed E-state index contributed by atoms with van der Waals surface area (Å²) < 4.78 is 21.1. The van der Waals surface area contributed by atoms with Gasteiger partial charge in [-0.15, -0.1) is 0 Å². The number of amides is 2. The van der Waals surface area contributed by atoms with Gasteiger partial charge in [-0.25, -0.2) is 9.52 Å². The van der Waals surface area contributed by atoms with Gasteiger partial charge < -0.3 is 5.73 Å². The molecule has 0 bridgehead atoms. The minimum Gasteiger partial charge on any atom is -0.351 e. The highest BCUT2D eigenvalue weighted by Crippen LogP contribution is 1.84. The number of nitrogens with one attached hydrogen (secondary N) is 1. The number of carbonyl (C=O) groups excluding carboxylic acids is 1. The average Bonchev–Trinajstić information content (AvgIpc) is 1.21. The number of rotatable bonds is 1. The van der Waals surface area contributed by atoms with Crippen molar-refractivity contribution in [2.24, 2.45) is 5.73 Å². The fraction of sp³-hybridized carbons (Fsp3) is 0. The second-order valence-electron chi connectivity index (χ2n) is 0.941. The van der Waals surface area contributed by atoms with Crippen LogP contribution in [0.3, 0.4) is 0 Å². The van der Waals surface area contributed by atoms with Gasteiger partial charge in [0.25, 0.3) is 9.06 Å². The summed E-state index contributed by atoms with van der Waals surface area (Å²) >= 11 is 2.95. The quantitative estimate of drug-likeness (QED) is 0.330. The largest absolute Gasteiger partial charge is 0.351 e. The molecule has 0 atom stereocenters. The van der Waals surface area contributed by atoms with Crippen molar-refractivity contribution in [1.29, 1.82) is 0 Å². The number of urea groups is 1. The predicted octanol–water partition coefficient (Wildman–Crippen LogP) is -1.17. The van der Waals surface area contributed by atoms with Crippen molar-refractivity contribution in [3.63, 3.8) is 0 Å². The van der Waals surface area contributed by atoms with Crippen molar-refractivity contribution in [2.75, 3.05) is 0 Å². The summed E-state index contributed by atoms with van der Waals surface area (Å²) in [6.45, 7) is 0. The fourth-order valence-electron chi connectivity index (χ4n) is 0.127. The minimum absolute atomic E-state index is 1.14. The van der Waals surface area contributed by atoms with Crippen LogP contribution in [0.4, 0.5) is 4.79 Å². The molecule has 0 heterocycles. The zero-order valence-electron chi connectivity index (χ0n) is 3.66. The molecule has 0 radical (unpaired) electrons. The van der Waals surface area contributed by atoms with Crippen LogP contribution >= 0.6 is 11.7 Å². The Bertz CT molecular complexity index is 181. The summed E-state index contributed by atoms with van der Waals surface area (Å²) in [6.07, 6.45) is 0. The van der Waals surface area contributed by atoms with E-state index in [4.69, 9.17) is 0 Å². The summed E-state index contributed by atoms with van der Waals surface area (Å²) in [4.78, 5) is 9.70. The number of nitrogens with two attached hydrogens (primary N) is 1. The van der Waals surface area contributed by atoms with Crippen LogP contribution in [0.15, 0.2) is 0 Å². The van der Waals surface area contributed by atoms with E-state index in [-0.39, 0.29) is 0 Å². The lowest BCUT2D eigenvalue weighted by Gasteiger charge is -1.91. The smallest absolute Gasteiger partial charge is 0.326 e. The van der Waals surface area contributed by atoms with Crippen LogP contribution in [-0.2, 0) is 9.06 Å². The van der Waals surface area contributed by atoms with E-state index in [0.29, 0.717) is 0 Å². The second-order valence-corrected chi connectivity index (χ2v) is 3.54. The molecular weight excluding hydrogens is 152 g/mol. The highest BCUT2D eigenvalue weighted by atomic mass is 33.1. The first-order chi connectivity index (χ1) is 3.42. The molecule has 0 aromatic carbocycles. The van der Waals surface area contributed by atoms with E-state index in [1.54, 1.807) is 0 Å². The summed E-state index contributed by atoms with van der Waals surface area (Å²) in [5.41, 5.74) is 4.40. The number of hydrogen-bond donors (Lipinski definition) is 3. The molecule has 48 valence electrons. The normalized spacial score (nSPS) is 10.6. The Hall–Kier alpha value is -0.430. The van der Waals surface area contributed by atoms with Gasteiger partial charge in [0, 0.05) is 0 Å². The van der Waals surface area contributed by atoms with Gasteiger partial charge in [0.15, 0.2) is 0 Å². The molecule has 5 nitrogen and oxygen atoms in total. The Morgan fingerprint density at radius 3 is 2.00 bits per heavy atom. The molecule has 0 rings (SSSR count). The summed E-state index contributed by atoms with van der Waals surface area (Å²) in [6, 6.07) is -1.14. The summed E-state index contributed by atoms with van der Waals surface area (Å²) in [7, 11) is -3.75. The maximum atomic E-state index is 9.89. The van der Waals surface area contributed by atoms with Crippen LogP contribution in [0.2, 0.25) is 0 Å². The first-order valence-corrected chi connectivity index (χ1v) is 4.00. The van der Waals surface area contributed by atoms with Gasteiger partial charge in [-0.3, -0.25) is 0 Å². The van der Waals surface area contributed by atoms with Crippen LogP contribution in [0.1, 0.15) is 0 Å². The summed E-state index contributed by atoms with van der Waals surface area (Å²) in [5.74, 6) is 0. The lowest BCUT2D eigenvalue weighted by molar-refractivity contribution is 0.253. The lowest BCUT2D eigenvalue weighted by atomic mass is 11.2. The first-order valence-electron chi connectivity index (χ1n) is 1.46. The molecular formula is CH4N2O3S2. The van der Waals surface area contributed by atoms with Gasteiger partial charge >= 0.3 is 6.03 Å². The van der Waals surface area contributed by atoms with Crippen molar-refractivity contribution in [3.05, 3.63) is 0 Å². The third-order valence-corrected chi connectivity index (χ3v) is 0.963. The van der Waals surface area contributed by atoms with Gasteiger partial charge in [0.2, 0.25) is 0 Å². The van der Waals surface area contributed by atoms with E-state index in [9.17, 15) is 13.2 Å².